The van der Waals surface area contributed by atoms with Crippen LogP contribution in [0.4, 0.5) is 0 Å². The molecule has 0 N–H and O–H groups in total. The highest BCUT2D eigenvalue weighted by Gasteiger charge is 2.19. The highest BCUT2D eigenvalue weighted by Crippen LogP contribution is 2.43. The third kappa shape index (κ3) is 5.01. The van der Waals surface area contributed by atoms with Crippen molar-refractivity contribution < 1.29 is 4.42 Å². The Labute approximate surface area is 314 Å². The lowest BCUT2D eigenvalue weighted by atomic mass is 9.97. The fourth-order valence-electron chi connectivity index (χ4n) is 7.77. The fraction of sp³-hybridized carbons (Fsp3) is 0. The van der Waals surface area contributed by atoms with E-state index in [1.165, 1.54) is 36.5 Å². The summed E-state index contributed by atoms with van der Waals surface area (Å²) < 4.78 is 9.01. The fourth-order valence-corrected chi connectivity index (χ4v) is 8.95. The SMILES string of the molecule is c1ccc(-c2nc(-c3ccc(-c4cccc5c4oc4ccc6ccccc6c45)cc3)nc(-c3cc(-c4ccccc4)c4c(c3)sc3ccccc34)n2)cc1. The van der Waals surface area contributed by atoms with Crippen molar-refractivity contribution in [3.8, 4) is 56.4 Å². The molecule has 0 amide bonds. The van der Waals surface area contributed by atoms with Crippen LogP contribution in [-0.4, -0.2) is 15.0 Å². The van der Waals surface area contributed by atoms with Gasteiger partial charge in [0.15, 0.2) is 17.5 Å². The minimum atomic E-state index is 0.622. The van der Waals surface area contributed by atoms with Gasteiger partial charge in [-0.2, -0.15) is 0 Å². The van der Waals surface area contributed by atoms with Crippen LogP contribution < -0.4 is 0 Å². The zero-order valence-corrected chi connectivity index (χ0v) is 29.7. The Morgan fingerprint density at radius 1 is 0.370 bits per heavy atom. The quantitative estimate of drug-likeness (QED) is 0.179. The van der Waals surface area contributed by atoms with Crippen molar-refractivity contribution in [3.05, 3.63) is 176 Å². The number of benzene rings is 8. The van der Waals surface area contributed by atoms with Gasteiger partial charge in [-0.25, -0.2) is 15.0 Å². The van der Waals surface area contributed by atoms with E-state index in [2.05, 4.69) is 146 Å². The first-order chi connectivity index (χ1) is 26.7. The smallest absolute Gasteiger partial charge is 0.164 e. The van der Waals surface area contributed by atoms with Gasteiger partial charge in [0.25, 0.3) is 0 Å². The third-order valence-corrected chi connectivity index (χ3v) is 11.4. The lowest BCUT2D eigenvalue weighted by molar-refractivity contribution is 0.670. The summed E-state index contributed by atoms with van der Waals surface area (Å²) in [6, 6.07) is 61.4. The number of hydrogen-bond donors (Lipinski definition) is 0. The Hall–Kier alpha value is -6.95. The maximum atomic E-state index is 6.55. The Kier molecular flexibility index (Phi) is 7.00. The molecule has 54 heavy (non-hydrogen) atoms. The third-order valence-electron chi connectivity index (χ3n) is 10.3. The predicted molar refractivity (Wildman–Crippen MR) is 225 cm³/mol. The van der Waals surface area contributed by atoms with Gasteiger partial charge in [-0.3, -0.25) is 0 Å². The van der Waals surface area contributed by atoms with E-state index in [1.807, 2.05) is 30.3 Å². The van der Waals surface area contributed by atoms with Gasteiger partial charge in [-0.1, -0.05) is 152 Å². The summed E-state index contributed by atoms with van der Waals surface area (Å²) in [7, 11) is 0. The Bertz CT molecular complexity index is 3200. The topological polar surface area (TPSA) is 51.8 Å². The van der Waals surface area contributed by atoms with Gasteiger partial charge in [-0.15, -0.1) is 11.3 Å². The molecule has 11 rings (SSSR count). The van der Waals surface area contributed by atoms with E-state index < -0.39 is 0 Å². The molecule has 252 valence electrons. The Morgan fingerprint density at radius 3 is 1.74 bits per heavy atom. The molecule has 0 fully saturated rings. The van der Waals surface area contributed by atoms with E-state index in [1.54, 1.807) is 11.3 Å². The second kappa shape index (κ2) is 12.3. The van der Waals surface area contributed by atoms with Crippen LogP contribution in [0.2, 0.25) is 0 Å². The van der Waals surface area contributed by atoms with Crippen LogP contribution in [0, 0.1) is 0 Å². The van der Waals surface area contributed by atoms with Crippen LogP contribution in [0.15, 0.2) is 180 Å². The predicted octanol–water partition coefficient (Wildman–Crippen LogP) is 13.6. The Morgan fingerprint density at radius 2 is 0.963 bits per heavy atom. The van der Waals surface area contributed by atoms with Crippen LogP contribution in [0.1, 0.15) is 0 Å². The standard InChI is InChI=1S/C49H29N3OS/c1-3-12-30(13-4-1)40-28-35(29-43-45(40)38-18-9-10-21-42(38)54-43)49-51-47(33-15-5-2-6-16-33)50-48(52-49)34-24-22-32(23-25-34)37-19-11-20-39-44-36-17-8-7-14-31(36)26-27-41(44)53-46(37)39/h1-29H. The first kappa shape index (κ1) is 30.7. The second-order valence-corrected chi connectivity index (χ2v) is 14.6. The molecular formula is C49H29N3OS. The van der Waals surface area contributed by atoms with Gasteiger partial charge in [-0.05, 0) is 51.7 Å². The average molecular weight is 708 g/mol. The molecule has 0 unspecified atom stereocenters. The minimum Gasteiger partial charge on any atom is -0.455 e. The van der Waals surface area contributed by atoms with Crippen molar-refractivity contribution in [2.24, 2.45) is 0 Å². The lowest BCUT2D eigenvalue weighted by Gasteiger charge is -2.11. The molecule has 0 aliphatic heterocycles. The maximum Gasteiger partial charge on any atom is 0.164 e. The van der Waals surface area contributed by atoms with Crippen molar-refractivity contribution in [2.45, 2.75) is 0 Å². The second-order valence-electron chi connectivity index (χ2n) is 13.6. The number of furan rings is 1. The minimum absolute atomic E-state index is 0.622. The summed E-state index contributed by atoms with van der Waals surface area (Å²) in [5.41, 5.74) is 9.02. The van der Waals surface area contributed by atoms with Crippen molar-refractivity contribution in [1.29, 1.82) is 0 Å². The molecular weight excluding hydrogens is 679 g/mol. The van der Waals surface area contributed by atoms with E-state index in [9.17, 15) is 0 Å². The summed E-state index contributed by atoms with van der Waals surface area (Å²) in [6.07, 6.45) is 0. The van der Waals surface area contributed by atoms with E-state index in [0.29, 0.717) is 17.5 Å². The molecule has 0 spiro atoms. The number of rotatable bonds is 5. The van der Waals surface area contributed by atoms with Crippen molar-refractivity contribution >= 4 is 64.2 Å². The molecule has 3 aromatic heterocycles. The van der Waals surface area contributed by atoms with Gasteiger partial charge in [0.1, 0.15) is 11.2 Å². The monoisotopic (exact) mass is 707 g/mol. The van der Waals surface area contributed by atoms with Gasteiger partial charge in [0, 0.05) is 53.2 Å². The summed E-state index contributed by atoms with van der Waals surface area (Å²) >= 11 is 1.80. The normalized spacial score (nSPS) is 11.7. The van der Waals surface area contributed by atoms with Crippen LogP contribution >= 0.6 is 11.3 Å². The molecule has 0 saturated carbocycles. The summed E-state index contributed by atoms with van der Waals surface area (Å²) in [5, 5.41) is 7.18. The molecule has 0 radical (unpaired) electrons. The molecule has 3 heterocycles. The van der Waals surface area contributed by atoms with Crippen LogP contribution in [-0.2, 0) is 0 Å². The van der Waals surface area contributed by atoms with Crippen LogP contribution in [0.5, 0.6) is 0 Å². The van der Waals surface area contributed by atoms with Crippen molar-refractivity contribution in [3.63, 3.8) is 0 Å². The zero-order valence-electron chi connectivity index (χ0n) is 28.9. The lowest BCUT2D eigenvalue weighted by Crippen LogP contribution is -2.00. The molecule has 11 aromatic rings. The van der Waals surface area contributed by atoms with Crippen molar-refractivity contribution in [2.75, 3.05) is 0 Å². The highest BCUT2D eigenvalue weighted by molar-refractivity contribution is 7.26. The van der Waals surface area contributed by atoms with E-state index in [-0.39, 0.29) is 0 Å². The first-order valence-corrected chi connectivity index (χ1v) is 18.8. The van der Waals surface area contributed by atoms with Gasteiger partial charge < -0.3 is 4.42 Å². The van der Waals surface area contributed by atoms with Crippen molar-refractivity contribution in [1.82, 2.24) is 15.0 Å². The molecule has 0 saturated heterocycles. The van der Waals surface area contributed by atoms with Gasteiger partial charge in [0.05, 0.1) is 0 Å². The largest absolute Gasteiger partial charge is 0.455 e. The molecule has 0 bridgehead atoms. The first-order valence-electron chi connectivity index (χ1n) is 18.0. The summed E-state index contributed by atoms with van der Waals surface area (Å²) in [5.74, 6) is 1.90. The van der Waals surface area contributed by atoms with Crippen LogP contribution in [0.3, 0.4) is 0 Å². The molecule has 0 aliphatic rings. The zero-order chi connectivity index (χ0) is 35.6. The average Bonchev–Trinajstić information content (AvgIpc) is 3.83. The number of thiophene rings is 1. The van der Waals surface area contributed by atoms with Crippen LogP contribution in [0.25, 0.3) is 109 Å². The number of nitrogens with zero attached hydrogens (tertiary/aromatic N) is 3. The van der Waals surface area contributed by atoms with E-state index >= 15 is 0 Å². The Balaban J connectivity index is 1.06. The number of hydrogen-bond acceptors (Lipinski definition) is 5. The molecule has 8 aromatic carbocycles. The number of aromatic nitrogens is 3. The maximum absolute atomic E-state index is 6.55. The van der Waals surface area contributed by atoms with E-state index in [0.717, 1.165) is 55.3 Å². The summed E-state index contributed by atoms with van der Waals surface area (Å²) in [4.78, 5) is 15.3. The summed E-state index contributed by atoms with van der Waals surface area (Å²) in [6.45, 7) is 0. The molecule has 5 heteroatoms. The van der Waals surface area contributed by atoms with Gasteiger partial charge >= 0.3 is 0 Å². The molecule has 0 atom stereocenters. The number of para-hydroxylation sites is 1. The highest BCUT2D eigenvalue weighted by atomic mass is 32.1. The van der Waals surface area contributed by atoms with Gasteiger partial charge in [0.2, 0.25) is 0 Å². The van der Waals surface area contributed by atoms with E-state index in [4.69, 9.17) is 19.4 Å². The molecule has 0 aliphatic carbocycles. The number of fused-ring (bicyclic) bond motifs is 8. The molecule has 4 nitrogen and oxygen atoms in total.